The molecule has 1 aliphatic rings. The van der Waals surface area contributed by atoms with Gasteiger partial charge in [0.15, 0.2) is 0 Å². The zero-order valence-corrected chi connectivity index (χ0v) is 16.0. The van der Waals surface area contributed by atoms with Gasteiger partial charge >= 0.3 is 0 Å². The highest BCUT2D eigenvalue weighted by atomic mass is 79.9. The first-order valence-electron chi connectivity index (χ1n) is 7.74. The van der Waals surface area contributed by atoms with E-state index in [1.807, 2.05) is 18.2 Å². The second kappa shape index (κ2) is 7.88. The second-order valence-electron chi connectivity index (χ2n) is 5.86. The van der Waals surface area contributed by atoms with Gasteiger partial charge < -0.3 is 0 Å². The number of hydrogen-bond donors (Lipinski definition) is 0. The first kappa shape index (κ1) is 17.1. The third-order valence-corrected chi connectivity index (χ3v) is 5.63. The predicted molar refractivity (Wildman–Crippen MR) is 98.8 cm³/mol. The molecular formula is C18H19Br2FN2. The molecule has 122 valence electrons. The third-order valence-electron chi connectivity index (χ3n) is 4.24. The summed E-state index contributed by atoms with van der Waals surface area (Å²) < 4.78 is 15.8. The van der Waals surface area contributed by atoms with Crippen LogP contribution in [0.1, 0.15) is 11.1 Å². The van der Waals surface area contributed by atoms with Crippen molar-refractivity contribution in [1.82, 2.24) is 9.80 Å². The molecule has 0 bridgehead atoms. The van der Waals surface area contributed by atoms with Gasteiger partial charge in [-0.3, -0.25) is 9.80 Å². The Hall–Kier alpha value is -0.750. The van der Waals surface area contributed by atoms with E-state index in [9.17, 15) is 4.39 Å². The maximum atomic E-state index is 14.1. The van der Waals surface area contributed by atoms with Gasteiger partial charge in [0.2, 0.25) is 0 Å². The van der Waals surface area contributed by atoms with E-state index in [1.165, 1.54) is 10.0 Å². The van der Waals surface area contributed by atoms with Crippen molar-refractivity contribution >= 4 is 31.9 Å². The molecule has 0 unspecified atom stereocenters. The van der Waals surface area contributed by atoms with Crippen LogP contribution >= 0.6 is 31.9 Å². The highest BCUT2D eigenvalue weighted by Gasteiger charge is 2.19. The summed E-state index contributed by atoms with van der Waals surface area (Å²) in [5.41, 5.74) is 2.08. The molecule has 2 nitrogen and oxygen atoms in total. The lowest BCUT2D eigenvalue weighted by molar-refractivity contribution is 0.121. The second-order valence-corrected chi connectivity index (χ2v) is 7.57. The maximum absolute atomic E-state index is 14.1. The van der Waals surface area contributed by atoms with Crippen LogP contribution in [0.5, 0.6) is 0 Å². The number of halogens is 3. The van der Waals surface area contributed by atoms with Gasteiger partial charge in [0, 0.05) is 49.3 Å². The molecule has 2 aromatic carbocycles. The Bertz CT molecular complexity index is 670. The first-order chi connectivity index (χ1) is 11.1. The molecule has 0 atom stereocenters. The van der Waals surface area contributed by atoms with E-state index in [-0.39, 0.29) is 5.82 Å². The van der Waals surface area contributed by atoms with E-state index >= 15 is 0 Å². The van der Waals surface area contributed by atoms with E-state index in [4.69, 9.17) is 0 Å². The normalized spacial score (nSPS) is 16.7. The van der Waals surface area contributed by atoms with Crippen LogP contribution in [0.4, 0.5) is 4.39 Å². The molecule has 0 radical (unpaired) electrons. The number of rotatable bonds is 4. The number of hydrogen-bond acceptors (Lipinski definition) is 2. The highest BCUT2D eigenvalue weighted by Crippen LogP contribution is 2.21. The van der Waals surface area contributed by atoms with Crippen molar-refractivity contribution in [3.63, 3.8) is 0 Å². The Kier molecular flexibility index (Phi) is 5.85. The highest BCUT2D eigenvalue weighted by molar-refractivity contribution is 9.10. The van der Waals surface area contributed by atoms with Crippen molar-refractivity contribution in [2.24, 2.45) is 0 Å². The maximum Gasteiger partial charge on any atom is 0.141 e. The summed E-state index contributed by atoms with van der Waals surface area (Å²) in [6.07, 6.45) is 0. The fourth-order valence-electron chi connectivity index (χ4n) is 2.88. The number of piperazine rings is 1. The van der Waals surface area contributed by atoms with Gasteiger partial charge in [0.05, 0.1) is 4.47 Å². The van der Waals surface area contributed by atoms with Crippen LogP contribution in [0.3, 0.4) is 0 Å². The van der Waals surface area contributed by atoms with E-state index in [2.05, 4.69) is 59.9 Å². The zero-order chi connectivity index (χ0) is 16.2. The molecule has 0 amide bonds. The minimum absolute atomic E-state index is 0.136. The molecule has 0 aliphatic carbocycles. The first-order valence-corrected chi connectivity index (χ1v) is 9.33. The molecular weight excluding hydrogens is 423 g/mol. The molecule has 0 N–H and O–H groups in total. The SMILES string of the molecule is Fc1c(Br)cccc1CN1CCN(Cc2ccccc2Br)CC1. The average Bonchev–Trinajstić information content (AvgIpc) is 2.56. The molecule has 1 aliphatic heterocycles. The van der Waals surface area contributed by atoms with Crippen LogP contribution < -0.4 is 0 Å². The fourth-order valence-corrected chi connectivity index (χ4v) is 3.70. The van der Waals surface area contributed by atoms with Crippen molar-refractivity contribution < 1.29 is 4.39 Å². The summed E-state index contributed by atoms with van der Waals surface area (Å²) in [7, 11) is 0. The molecule has 1 saturated heterocycles. The lowest BCUT2D eigenvalue weighted by Crippen LogP contribution is -2.45. The van der Waals surface area contributed by atoms with Gasteiger partial charge in [-0.05, 0) is 33.6 Å². The molecule has 2 aromatic rings. The van der Waals surface area contributed by atoms with Crippen molar-refractivity contribution in [2.75, 3.05) is 26.2 Å². The Morgan fingerprint density at radius 3 is 1.91 bits per heavy atom. The lowest BCUT2D eigenvalue weighted by atomic mass is 10.1. The predicted octanol–water partition coefficient (Wildman–Crippen LogP) is 4.67. The van der Waals surface area contributed by atoms with Gasteiger partial charge in [-0.1, -0.05) is 46.3 Å². The Morgan fingerprint density at radius 2 is 1.26 bits per heavy atom. The summed E-state index contributed by atoms with van der Waals surface area (Å²) in [6.45, 7) is 5.59. The van der Waals surface area contributed by atoms with Gasteiger partial charge in [-0.15, -0.1) is 0 Å². The van der Waals surface area contributed by atoms with Gasteiger partial charge in [0.25, 0.3) is 0 Å². The molecule has 0 saturated carbocycles. The topological polar surface area (TPSA) is 6.48 Å². The number of benzene rings is 2. The van der Waals surface area contributed by atoms with Gasteiger partial charge in [-0.2, -0.15) is 0 Å². The molecule has 5 heteroatoms. The fraction of sp³-hybridized carbons (Fsp3) is 0.333. The molecule has 1 fully saturated rings. The van der Waals surface area contributed by atoms with Crippen molar-refractivity contribution in [3.05, 3.63) is 68.4 Å². The van der Waals surface area contributed by atoms with Crippen LogP contribution in [0.2, 0.25) is 0 Å². The number of nitrogens with zero attached hydrogens (tertiary/aromatic N) is 2. The van der Waals surface area contributed by atoms with Crippen LogP contribution in [0.25, 0.3) is 0 Å². The third kappa shape index (κ3) is 4.41. The molecule has 0 aromatic heterocycles. The zero-order valence-electron chi connectivity index (χ0n) is 12.8. The van der Waals surface area contributed by atoms with Crippen LogP contribution in [-0.4, -0.2) is 36.0 Å². The van der Waals surface area contributed by atoms with Crippen molar-refractivity contribution in [3.8, 4) is 0 Å². The van der Waals surface area contributed by atoms with Gasteiger partial charge in [-0.25, -0.2) is 4.39 Å². The van der Waals surface area contributed by atoms with E-state index < -0.39 is 0 Å². The quantitative estimate of drug-likeness (QED) is 0.680. The van der Waals surface area contributed by atoms with E-state index in [0.29, 0.717) is 11.0 Å². The Morgan fingerprint density at radius 1 is 0.739 bits per heavy atom. The summed E-state index contributed by atoms with van der Waals surface area (Å²) in [4.78, 5) is 4.77. The van der Waals surface area contributed by atoms with Crippen molar-refractivity contribution in [1.29, 1.82) is 0 Å². The smallest absolute Gasteiger partial charge is 0.141 e. The van der Waals surface area contributed by atoms with Gasteiger partial charge in [0.1, 0.15) is 5.82 Å². The van der Waals surface area contributed by atoms with E-state index in [0.717, 1.165) is 38.3 Å². The van der Waals surface area contributed by atoms with Crippen LogP contribution in [0, 0.1) is 5.82 Å². The monoisotopic (exact) mass is 440 g/mol. The molecule has 3 rings (SSSR count). The van der Waals surface area contributed by atoms with Crippen LogP contribution in [-0.2, 0) is 13.1 Å². The minimum atomic E-state index is -0.136. The van der Waals surface area contributed by atoms with E-state index in [1.54, 1.807) is 6.07 Å². The lowest BCUT2D eigenvalue weighted by Gasteiger charge is -2.35. The largest absolute Gasteiger partial charge is 0.297 e. The van der Waals surface area contributed by atoms with Crippen molar-refractivity contribution in [2.45, 2.75) is 13.1 Å². The Labute approximate surface area is 153 Å². The molecule has 1 heterocycles. The summed E-state index contributed by atoms with van der Waals surface area (Å²) in [5.74, 6) is -0.136. The summed E-state index contributed by atoms with van der Waals surface area (Å²) >= 11 is 6.87. The minimum Gasteiger partial charge on any atom is -0.297 e. The average molecular weight is 442 g/mol. The Balaban J connectivity index is 1.54. The molecule has 23 heavy (non-hydrogen) atoms. The standard InChI is InChI=1S/C18H19Br2FN2/c19-16-6-2-1-4-14(16)12-22-8-10-23(11-9-22)13-15-5-3-7-17(20)18(15)21/h1-7H,8-13H2. The molecule has 0 spiro atoms. The summed E-state index contributed by atoms with van der Waals surface area (Å²) in [5, 5.41) is 0. The summed E-state index contributed by atoms with van der Waals surface area (Å²) in [6, 6.07) is 13.9. The van der Waals surface area contributed by atoms with Crippen LogP contribution in [0.15, 0.2) is 51.4 Å².